The summed E-state index contributed by atoms with van der Waals surface area (Å²) in [5.74, 6) is -1.52. The van der Waals surface area contributed by atoms with Crippen LogP contribution in [0.3, 0.4) is 0 Å². The molecule has 7 heteroatoms. The maximum Gasteiger partial charge on any atom is 0.328 e. The molecule has 3 atom stereocenters. The summed E-state index contributed by atoms with van der Waals surface area (Å²) in [6.07, 6.45) is 2.08. The Hall–Kier alpha value is -1.44. The standard InChI is InChI=1S/C11H21N3O4/c1-7(2-3-10(16)17)14-11(18)9(13)6-8(15)4-5-12/h2-3,7-9,15H,4-6,12-13H2,1H3,(H,14,18)(H,16,17)/b3-2+/t7?,8-,9+/m1/s1. The fourth-order valence-electron chi connectivity index (χ4n) is 1.32. The van der Waals surface area contributed by atoms with Crippen molar-refractivity contribution in [2.24, 2.45) is 11.5 Å². The third-order valence-corrected chi connectivity index (χ3v) is 2.26. The second kappa shape index (κ2) is 8.62. The van der Waals surface area contributed by atoms with E-state index in [9.17, 15) is 14.7 Å². The minimum Gasteiger partial charge on any atom is -0.478 e. The van der Waals surface area contributed by atoms with Crippen molar-refractivity contribution in [2.75, 3.05) is 6.54 Å². The molecule has 0 radical (unpaired) electrons. The Labute approximate surface area is 106 Å². The van der Waals surface area contributed by atoms with Crippen molar-refractivity contribution in [2.45, 2.75) is 38.0 Å². The number of rotatable bonds is 8. The average Bonchev–Trinajstić information content (AvgIpc) is 2.26. The van der Waals surface area contributed by atoms with Crippen LogP contribution >= 0.6 is 0 Å². The fraction of sp³-hybridized carbons (Fsp3) is 0.636. The number of aliphatic carboxylic acids is 1. The second-order valence-corrected chi connectivity index (χ2v) is 4.07. The Balaban J connectivity index is 4.11. The van der Waals surface area contributed by atoms with Gasteiger partial charge >= 0.3 is 5.97 Å². The molecule has 0 heterocycles. The number of hydrogen-bond acceptors (Lipinski definition) is 5. The highest BCUT2D eigenvalue weighted by atomic mass is 16.4. The van der Waals surface area contributed by atoms with Gasteiger partial charge in [0, 0.05) is 12.1 Å². The first kappa shape index (κ1) is 16.6. The van der Waals surface area contributed by atoms with Gasteiger partial charge in [0.2, 0.25) is 5.91 Å². The molecule has 0 saturated carbocycles. The van der Waals surface area contributed by atoms with Gasteiger partial charge in [0.15, 0.2) is 0 Å². The Morgan fingerprint density at radius 2 is 2.06 bits per heavy atom. The van der Waals surface area contributed by atoms with Crippen molar-refractivity contribution >= 4 is 11.9 Å². The number of aliphatic hydroxyl groups excluding tert-OH is 1. The SMILES string of the molecule is CC(/C=C/C(=O)O)NC(=O)[C@@H](N)C[C@H](O)CCN. The zero-order chi connectivity index (χ0) is 14.1. The van der Waals surface area contributed by atoms with Gasteiger partial charge in [-0.25, -0.2) is 4.79 Å². The van der Waals surface area contributed by atoms with Crippen molar-refractivity contribution in [3.05, 3.63) is 12.2 Å². The van der Waals surface area contributed by atoms with Gasteiger partial charge in [-0.1, -0.05) is 6.08 Å². The van der Waals surface area contributed by atoms with Gasteiger partial charge in [-0.15, -0.1) is 0 Å². The normalized spacial score (nSPS) is 16.2. The number of nitrogens with one attached hydrogen (secondary N) is 1. The lowest BCUT2D eigenvalue weighted by atomic mass is 10.1. The molecule has 0 rings (SSSR count). The van der Waals surface area contributed by atoms with E-state index in [0.29, 0.717) is 13.0 Å². The lowest BCUT2D eigenvalue weighted by molar-refractivity contribution is -0.131. The molecule has 0 fully saturated rings. The van der Waals surface area contributed by atoms with E-state index in [1.807, 2.05) is 0 Å². The molecule has 0 aromatic heterocycles. The molecule has 1 amide bonds. The van der Waals surface area contributed by atoms with Crippen LogP contribution in [0.4, 0.5) is 0 Å². The number of hydrogen-bond donors (Lipinski definition) is 5. The number of carboxylic acid groups (broad SMARTS) is 1. The third kappa shape index (κ3) is 7.77. The molecule has 0 aromatic rings. The highest BCUT2D eigenvalue weighted by Gasteiger charge is 2.18. The zero-order valence-electron chi connectivity index (χ0n) is 10.4. The van der Waals surface area contributed by atoms with Crippen LogP contribution in [0.25, 0.3) is 0 Å². The van der Waals surface area contributed by atoms with Gasteiger partial charge in [0.05, 0.1) is 12.1 Å². The van der Waals surface area contributed by atoms with Gasteiger partial charge in [-0.05, 0) is 26.3 Å². The van der Waals surface area contributed by atoms with Gasteiger partial charge in [0.1, 0.15) is 0 Å². The summed E-state index contributed by atoms with van der Waals surface area (Å²) >= 11 is 0. The lowest BCUT2D eigenvalue weighted by Gasteiger charge is -2.17. The molecule has 7 N–H and O–H groups in total. The molecule has 0 bridgehead atoms. The van der Waals surface area contributed by atoms with Crippen LogP contribution in [0.1, 0.15) is 19.8 Å². The van der Waals surface area contributed by atoms with Crippen molar-refractivity contribution in [1.82, 2.24) is 5.32 Å². The average molecular weight is 259 g/mol. The van der Waals surface area contributed by atoms with Crippen LogP contribution in [0.15, 0.2) is 12.2 Å². The molecule has 0 saturated heterocycles. The lowest BCUT2D eigenvalue weighted by Crippen LogP contribution is -2.45. The van der Waals surface area contributed by atoms with Crippen LogP contribution < -0.4 is 16.8 Å². The summed E-state index contributed by atoms with van der Waals surface area (Å²) in [5.41, 5.74) is 10.9. The van der Waals surface area contributed by atoms with E-state index in [4.69, 9.17) is 16.6 Å². The minimum absolute atomic E-state index is 0.123. The Kier molecular flexibility index (Phi) is 7.93. The number of carbonyl (C=O) groups excluding carboxylic acids is 1. The summed E-state index contributed by atoms with van der Waals surface area (Å²) in [5, 5.41) is 20.4. The van der Waals surface area contributed by atoms with Crippen molar-refractivity contribution < 1.29 is 19.8 Å². The number of nitrogens with two attached hydrogens (primary N) is 2. The predicted octanol–water partition coefficient (Wildman–Crippen LogP) is -1.44. The minimum atomic E-state index is -1.08. The van der Waals surface area contributed by atoms with E-state index in [2.05, 4.69) is 5.32 Å². The summed E-state index contributed by atoms with van der Waals surface area (Å²) in [6, 6.07) is -1.28. The molecule has 0 aliphatic heterocycles. The van der Waals surface area contributed by atoms with Crippen LogP contribution in [-0.2, 0) is 9.59 Å². The maximum atomic E-state index is 11.6. The van der Waals surface area contributed by atoms with E-state index in [1.165, 1.54) is 6.08 Å². The number of aliphatic hydroxyl groups is 1. The van der Waals surface area contributed by atoms with Crippen molar-refractivity contribution in [3.63, 3.8) is 0 Å². The number of carboxylic acids is 1. The van der Waals surface area contributed by atoms with Gasteiger partial charge in [-0.3, -0.25) is 4.79 Å². The Bertz CT molecular complexity index is 307. The predicted molar refractivity (Wildman–Crippen MR) is 66.7 cm³/mol. The monoisotopic (exact) mass is 259 g/mol. The first-order valence-corrected chi connectivity index (χ1v) is 5.72. The van der Waals surface area contributed by atoms with Crippen LogP contribution in [0.2, 0.25) is 0 Å². The molecular weight excluding hydrogens is 238 g/mol. The molecule has 0 aromatic carbocycles. The first-order valence-electron chi connectivity index (χ1n) is 5.72. The molecule has 1 unspecified atom stereocenters. The van der Waals surface area contributed by atoms with Crippen LogP contribution in [0, 0.1) is 0 Å². The van der Waals surface area contributed by atoms with Crippen molar-refractivity contribution in [1.29, 1.82) is 0 Å². The highest BCUT2D eigenvalue weighted by molar-refractivity contribution is 5.82. The molecule has 0 aliphatic rings. The molecule has 7 nitrogen and oxygen atoms in total. The summed E-state index contributed by atoms with van der Waals surface area (Å²) in [4.78, 5) is 21.8. The Morgan fingerprint density at radius 3 is 2.56 bits per heavy atom. The summed E-state index contributed by atoms with van der Waals surface area (Å²) in [6.45, 7) is 1.95. The number of amides is 1. The smallest absolute Gasteiger partial charge is 0.328 e. The largest absolute Gasteiger partial charge is 0.478 e. The van der Waals surface area contributed by atoms with Gasteiger partial charge in [0.25, 0.3) is 0 Å². The van der Waals surface area contributed by atoms with E-state index < -0.39 is 30.1 Å². The van der Waals surface area contributed by atoms with Gasteiger partial charge in [-0.2, -0.15) is 0 Å². The summed E-state index contributed by atoms with van der Waals surface area (Å²) in [7, 11) is 0. The molecule has 104 valence electrons. The highest BCUT2D eigenvalue weighted by Crippen LogP contribution is 2.00. The zero-order valence-corrected chi connectivity index (χ0v) is 10.4. The quantitative estimate of drug-likeness (QED) is 0.338. The van der Waals surface area contributed by atoms with E-state index in [-0.39, 0.29) is 6.42 Å². The summed E-state index contributed by atoms with van der Waals surface area (Å²) < 4.78 is 0. The van der Waals surface area contributed by atoms with Crippen LogP contribution in [-0.4, -0.2) is 46.8 Å². The molecule has 0 spiro atoms. The van der Waals surface area contributed by atoms with Crippen molar-refractivity contribution in [3.8, 4) is 0 Å². The number of carbonyl (C=O) groups is 2. The van der Waals surface area contributed by atoms with E-state index in [1.54, 1.807) is 6.92 Å². The Morgan fingerprint density at radius 1 is 1.44 bits per heavy atom. The third-order valence-electron chi connectivity index (χ3n) is 2.26. The first-order chi connectivity index (χ1) is 8.36. The second-order valence-electron chi connectivity index (χ2n) is 4.07. The fourth-order valence-corrected chi connectivity index (χ4v) is 1.32. The topological polar surface area (TPSA) is 139 Å². The van der Waals surface area contributed by atoms with E-state index >= 15 is 0 Å². The molecule has 0 aliphatic carbocycles. The maximum absolute atomic E-state index is 11.6. The van der Waals surface area contributed by atoms with Gasteiger partial charge < -0.3 is 27.0 Å². The van der Waals surface area contributed by atoms with E-state index in [0.717, 1.165) is 6.08 Å². The molecule has 18 heavy (non-hydrogen) atoms. The van der Waals surface area contributed by atoms with Crippen LogP contribution in [0.5, 0.6) is 0 Å². The molecular formula is C11H21N3O4.